The van der Waals surface area contributed by atoms with Gasteiger partial charge in [-0.2, -0.15) is 4.99 Å². The number of nitrogens with one attached hydrogen (secondary N) is 1. The number of aliphatic hydroxyl groups excluding tert-OH is 2. The van der Waals surface area contributed by atoms with E-state index in [9.17, 15) is 25.2 Å². The van der Waals surface area contributed by atoms with Crippen LogP contribution in [0.4, 0.5) is 5.69 Å². The molecule has 4 fully saturated rings. The Hall–Kier alpha value is -2.71. The molecular formula is C43H72N4O13. The van der Waals surface area contributed by atoms with E-state index in [1.165, 1.54) is 14.0 Å². The number of methoxy groups -OCH3 is 2. The summed E-state index contributed by atoms with van der Waals surface area (Å²) >= 11 is 0. The van der Waals surface area contributed by atoms with Crippen molar-refractivity contribution < 1.29 is 63.1 Å². The Labute approximate surface area is 355 Å². The lowest BCUT2D eigenvalue weighted by Gasteiger charge is -2.48. The summed E-state index contributed by atoms with van der Waals surface area (Å²) < 4.78 is 50.1. The van der Waals surface area contributed by atoms with Crippen molar-refractivity contribution in [3.63, 3.8) is 0 Å². The largest absolute Gasteiger partial charge is 0.481 e. The SMILES string of the molecule is CC[C@H]1OC(=O)[C@H](C)[C@@H](O[C@H]2C[C@@](C)(OC)[C@@H](O)[C@H](C)O2)[C@H](C)[C@@H](O[C@@H]2O[C@H](C)C[C@H]3[C@H]2OC(=Nc2ccc(OC)nc2)N3C)[C@](C)(O)C[C@@H](C)CN[C@H](C)[C@@H](O)[C@]1(C)O. The molecule has 0 radical (unpaired) electrons. The summed E-state index contributed by atoms with van der Waals surface area (Å²) in [6, 6.07) is 3.05. The highest BCUT2D eigenvalue weighted by atomic mass is 16.7. The number of carbonyl (C=O) groups excluding carboxylic acids is 1. The summed E-state index contributed by atoms with van der Waals surface area (Å²) in [5, 5.41) is 50.2. The molecule has 0 bridgehead atoms. The normalized spacial score (nSPS) is 45.5. The average Bonchev–Trinajstić information content (AvgIpc) is 3.51. The molecule has 0 aliphatic carbocycles. The molecular weight excluding hydrogens is 780 g/mol. The van der Waals surface area contributed by atoms with E-state index in [2.05, 4.69) is 10.3 Å². The van der Waals surface area contributed by atoms with E-state index in [1.807, 2.05) is 32.7 Å². The fourth-order valence-electron chi connectivity index (χ4n) is 9.47. The molecule has 60 heavy (non-hydrogen) atoms. The fraction of sp³-hybridized carbons (Fsp3) is 0.837. The Kier molecular flexibility index (Phi) is 15.6. The van der Waals surface area contributed by atoms with Crippen LogP contribution in [0.25, 0.3) is 0 Å². The van der Waals surface area contributed by atoms with Crippen LogP contribution in [0.2, 0.25) is 0 Å². The number of esters is 1. The lowest BCUT2D eigenvalue weighted by molar-refractivity contribution is -0.313. The summed E-state index contributed by atoms with van der Waals surface area (Å²) in [6.07, 6.45) is -6.20. The van der Waals surface area contributed by atoms with Gasteiger partial charge in [-0.15, -0.1) is 0 Å². The molecule has 5 rings (SSSR count). The van der Waals surface area contributed by atoms with Crippen LogP contribution in [0.5, 0.6) is 5.88 Å². The van der Waals surface area contributed by atoms with Crippen molar-refractivity contribution in [1.29, 1.82) is 0 Å². The molecule has 17 heteroatoms. The molecule has 5 heterocycles. The van der Waals surface area contributed by atoms with Gasteiger partial charge in [-0.3, -0.25) is 4.79 Å². The molecule has 4 aliphatic heterocycles. The van der Waals surface area contributed by atoms with E-state index < -0.39 is 96.0 Å². The molecule has 1 aromatic rings. The quantitative estimate of drug-likeness (QED) is 0.238. The molecule has 5 N–H and O–H groups in total. The highest BCUT2D eigenvalue weighted by Gasteiger charge is 2.54. The van der Waals surface area contributed by atoms with Gasteiger partial charge in [-0.1, -0.05) is 20.8 Å². The summed E-state index contributed by atoms with van der Waals surface area (Å²) in [5.74, 6) is -2.18. The fourth-order valence-corrected chi connectivity index (χ4v) is 9.47. The highest BCUT2D eigenvalue weighted by Crippen LogP contribution is 2.41. The van der Waals surface area contributed by atoms with Crippen molar-refractivity contribution in [2.24, 2.45) is 22.7 Å². The second-order valence-electron chi connectivity index (χ2n) is 18.4. The van der Waals surface area contributed by atoms with Crippen LogP contribution in [0.15, 0.2) is 23.3 Å². The van der Waals surface area contributed by atoms with Gasteiger partial charge in [0.15, 0.2) is 18.7 Å². The molecule has 342 valence electrons. The zero-order valence-electron chi connectivity index (χ0n) is 37.7. The van der Waals surface area contributed by atoms with Crippen LogP contribution in [0.1, 0.15) is 94.9 Å². The van der Waals surface area contributed by atoms with E-state index in [1.54, 1.807) is 67.0 Å². The maximum atomic E-state index is 14.4. The number of likely N-dealkylation sites (N-methyl/N-ethyl adjacent to an activating group) is 1. The number of hydrogen-bond acceptors (Lipinski definition) is 16. The monoisotopic (exact) mass is 853 g/mol. The number of rotatable bonds is 8. The van der Waals surface area contributed by atoms with Gasteiger partial charge < -0.3 is 68.5 Å². The Morgan fingerprint density at radius 1 is 0.983 bits per heavy atom. The second kappa shape index (κ2) is 19.4. The minimum atomic E-state index is -1.82. The molecule has 4 saturated heterocycles. The first-order valence-electron chi connectivity index (χ1n) is 21.5. The maximum Gasteiger partial charge on any atom is 0.311 e. The summed E-state index contributed by atoms with van der Waals surface area (Å²) in [6.45, 7) is 18.0. The summed E-state index contributed by atoms with van der Waals surface area (Å²) in [5.41, 5.74) is -3.86. The molecule has 0 spiro atoms. The molecule has 0 saturated carbocycles. The zero-order valence-corrected chi connectivity index (χ0v) is 37.7. The number of nitrogens with zero attached hydrogens (tertiary/aromatic N) is 3. The van der Waals surface area contributed by atoms with Crippen molar-refractivity contribution in [2.45, 2.75) is 185 Å². The number of cyclic esters (lactones) is 1. The van der Waals surface area contributed by atoms with E-state index in [0.717, 1.165) is 0 Å². The Morgan fingerprint density at radius 2 is 1.68 bits per heavy atom. The van der Waals surface area contributed by atoms with Gasteiger partial charge in [0.2, 0.25) is 5.88 Å². The van der Waals surface area contributed by atoms with Gasteiger partial charge in [-0.25, -0.2) is 4.98 Å². The summed E-state index contributed by atoms with van der Waals surface area (Å²) in [4.78, 5) is 25.3. The molecule has 4 aliphatic rings. The number of aliphatic hydroxyl groups is 4. The molecule has 17 nitrogen and oxygen atoms in total. The van der Waals surface area contributed by atoms with Gasteiger partial charge in [0.1, 0.15) is 23.9 Å². The van der Waals surface area contributed by atoms with Crippen molar-refractivity contribution in [3.05, 3.63) is 18.3 Å². The van der Waals surface area contributed by atoms with Crippen LogP contribution >= 0.6 is 0 Å². The standard InChI is InChI=1S/C43H72N4O13/c1-14-30-43(10,52)35(48)26(6)44-20-22(2)18-41(8,51)37(24(4)33(25(5)38(50)57-30)58-32-19-42(9,54-13)36(49)27(7)56-32)60-39-34-29(17-23(3)55-39)47(11)40(59-34)46-28-15-16-31(53-12)45-21-28/h15-16,21-27,29-30,32-37,39,44,48-49,51-52H,14,17-20H2,1-13H3/t22-,23-,24+,25-,26-,27+,29+,30-,32+,33+,34-,35-,36+,37-,39+,41-,42-,43-/m1/s1. The minimum Gasteiger partial charge on any atom is -0.481 e. The number of hydrogen-bond donors (Lipinski definition) is 5. The topological polar surface area (TPSA) is 212 Å². The number of pyridine rings is 1. The molecule has 18 atom stereocenters. The minimum absolute atomic E-state index is 0.125. The van der Waals surface area contributed by atoms with Gasteiger partial charge >= 0.3 is 5.97 Å². The van der Waals surface area contributed by atoms with Gasteiger partial charge in [-0.05, 0) is 86.3 Å². The predicted molar refractivity (Wildman–Crippen MR) is 220 cm³/mol. The van der Waals surface area contributed by atoms with Crippen LogP contribution in [0, 0.1) is 17.8 Å². The number of aliphatic imine (C=N–C) groups is 1. The van der Waals surface area contributed by atoms with Crippen LogP contribution in [0.3, 0.4) is 0 Å². The van der Waals surface area contributed by atoms with E-state index in [-0.39, 0.29) is 37.3 Å². The Balaban J connectivity index is 1.56. The number of carbonyl (C=O) groups is 1. The summed E-state index contributed by atoms with van der Waals surface area (Å²) in [7, 11) is 4.96. The van der Waals surface area contributed by atoms with Gasteiger partial charge in [0.25, 0.3) is 6.02 Å². The third kappa shape index (κ3) is 10.4. The highest BCUT2D eigenvalue weighted by molar-refractivity contribution is 5.79. The third-order valence-electron chi connectivity index (χ3n) is 13.2. The number of ether oxygens (including phenoxy) is 8. The maximum absolute atomic E-state index is 14.4. The van der Waals surface area contributed by atoms with Gasteiger partial charge in [0.05, 0.1) is 66.6 Å². The van der Waals surface area contributed by atoms with Crippen molar-refractivity contribution in [3.8, 4) is 5.88 Å². The number of fused-ring (bicyclic) bond motifs is 1. The second-order valence-corrected chi connectivity index (χ2v) is 18.4. The van der Waals surface area contributed by atoms with Crippen molar-refractivity contribution in [1.82, 2.24) is 15.2 Å². The number of aromatic nitrogens is 1. The first-order valence-corrected chi connectivity index (χ1v) is 21.5. The predicted octanol–water partition coefficient (Wildman–Crippen LogP) is 3.06. The first-order chi connectivity index (χ1) is 28.1. The van der Waals surface area contributed by atoms with Crippen LogP contribution < -0.4 is 10.1 Å². The smallest absolute Gasteiger partial charge is 0.311 e. The molecule has 0 aromatic carbocycles. The average molecular weight is 853 g/mol. The molecule has 1 aromatic heterocycles. The Bertz CT molecular complexity index is 1600. The Morgan fingerprint density at radius 3 is 2.30 bits per heavy atom. The van der Waals surface area contributed by atoms with E-state index in [0.29, 0.717) is 30.6 Å². The zero-order chi connectivity index (χ0) is 44.5. The van der Waals surface area contributed by atoms with E-state index in [4.69, 9.17) is 42.9 Å². The van der Waals surface area contributed by atoms with Crippen LogP contribution in [-0.2, 0) is 38.0 Å². The van der Waals surface area contributed by atoms with Crippen molar-refractivity contribution in [2.75, 3.05) is 27.8 Å². The molecule has 0 unspecified atom stereocenters. The lowest BCUT2D eigenvalue weighted by atomic mass is 9.77. The van der Waals surface area contributed by atoms with Crippen LogP contribution in [-0.4, -0.2) is 160 Å². The molecule has 0 amide bonds. The number of amidine groups is 1. The van der Waals surface area contributed by atoms with E-state index >= 15 is 0 Å². The van der Waals surface area contributed by atoms with Crippen molar-refractivity contribution >= 4 is 17.7 Å². The lowest BCUT2D eigenvalue weighted by Crippen LogP contribution is -2.60. The first kappa shape index (κ1) is 48.3. The third-order valence-corrected chi connectivity index (χ3v) is 13.2. The van der Waals surface area contributed by atoms with Gasteiger partial charge in [0, 0.05) is 38.6 Å².